The monoisotopic (exact) mass is 256 g/mol. The molecule has 0 saturated carbocycles. The number of ether oxygens (including phenoxy) is 1. The molecular formula is C15H16N2O2. The van der Waals surface area contributed by atoms with E-state index < -0.39 is 5.91 Å². The van der Waals surface area contributed by atoms with Crippen LogP contribution in [0.2, 0.25) is 0 Å². The zero-order chi connectivity index (χ0) is 13.5. The van der Waals surface area contributed by atoms with Crippen LogP contribution in [-0.4, -0.2) is 12.5 Å². The van der Waals surface area contributed by atoms with Crippen LogP contribution in [0.5, 0.6) is 5.75 Å². The van der Waals surface area contributed by atoms with Crippen LogP contribution in [0.1, 0.15) is 5.56 Å². The first-order chi connectivity index (χ1) is 9.24. The Hall–Kier alpha value is -2.49. The molecule has 19 heavy (non-hydrogen) atoms. The Labute approximate surface area is 112 Å². The Balaban J connectivity index is 1.86. The zero-order valence-corrected chi connectivity index (χ0v) is 10.5. The minimum absolute atomic E-state index is 0.0956. The fourth-order valence-corrected chi connectivity index (χ4v) is 1.62. The minimum Gasteiger partial charge on any atom is -0.484 e. The van der Waals surface area contributed by atoms with Gasteiger partial charge in [0, 0.05) is 12.2 Å². The Morgan fingerprint density at radius 1 is 1.05 bits per heavy atom. The predicted molar refractivity (Wildman–Crippen MR) is 74.9 cm³/mol. The van der Waals surface area contributed by atoms with Crippen LogP contribution >= 0.6 is 0 Å². The smallest absolute Gasteiger partial charge is 0.255 e. The van der Waals surface area contributed by atoms with Crippen molar-refractivity contribution in [2.75, 3.05) is 11.9 Å². The number of para-hydroxylation sites is 1. The Bertz CT molecular complexity index is 524. The summed E-state index contributed by atoms with van der Waals surface area (Å²) in [6, 6.07) is 17.5. The highest BCUT2D eigenvalue weighted by Gasteiger charge is 1.98. The molecule has 0 aliphatic heterocycles. The van der Waals surface area contributed by atoms with Gasteiger partial charge in [0.2, 0.25) is 0 Å². The molecule has 4 heteroatoms. The number of primary amides is 1. The molecule has 0 heterocycles. The van der Waals surface area contributed by atoms with Gasteiger partial charge >= 0.3 is 0 Å². The van der Waals surface area contributed by atoms with Crippen molar-refractivity contribution in [1.29, 1.82) is 0 Å². The fraction of sp³-hybridized carbons (Fsp3) is 0.133. The summed E-state index contributed by atoms with van der Waals surface area (Å²) in [5.74, 6) is 0.164. The SMILES string of the molecule is NC(=O)COc1ccc(CNc2ccccc2)cc1. The summed E-state index contributed by atoms with van der Waals surface area (Å²) in [6.07, 6.45) is 0. The number of carbonyl (C=O) groups is 1. The molecule has 0 fully saturated rings. The van der Waals surface area contributed by atoms with Crippen molar-refractivity contribution in [3.63, 3.8) is 0 Å². The molecule has 0 aliphatic rings. The number of nitrogens with one attached hydrogen (secondary N) is 1. The van der Waals surface area contributed by atoms with E-state index in [4.69, 9.17) is 10.5 Å². The molecule has 0 unspecified atom stereocenters. The molecule has 2 aromatic rings. The van der Waals surface area contributed by atoms with Gasteiger partial charge in [0.05, 0.1) is 0 Å². The highest BCUT2D eigenvalue weighted by atomic mass is 16.5. The maximum Gasteiger partial charge on any atom is 0.255 e. The first-order valence-corrected chi connectivity index (χ1v) is 6.03. The van der Waals surface area contributed by atoms with E-state index in [1.165, 1.54) is 0 Å². The number of benzene rings is 2. The van der Waals surface area contributed by atoms with E-state index in [2.05, 4.69) is 5.32 Å². The van der Waals surface area contributed by atoms with Crippen LogP contribution in [0, 0.1) is 0 Å². The number of anilines is 1. The number of carbonyl (C=O) groups excluding carboxylic acids is 1. The lowest BCUT2D eigenvalue weighted by molar-refractivity contribution is -0.119. The van der Waals surface area contributed by atoms with Gasteiger partial charge in [-0.3, -0.25) is 4.79 Å². The van der Waals surface area contributed by atoms with E-state index >= 15 is 0 Å². The second-order valence-electron chi connectivity index (χ2n) is 4.12. The highest BCUT2D eigenvalue weighted by molar-refractivity contribution is 5.75. The standard InChI is InChI=1S/C15H16N2O2/c16-15(18)11-19-14-8-6-12(7-9-14)10-17-13-4-2-1-3-5-13/h1-9,17H,10-11H2,(H2,16,18). The summed E-state index contributed by atoms with van der Waals surface area (Å²) < 4.78 is 5.19. The molecule has 0 aromatic heterocycles. The fourth-order valence-electron chi connectivity index (χ4n) is 1.62. The van der Waals surface area contributed by atoms with Gasteiger partial charge in [-0.05, 0) is 29.8 Å². The highest BCUT2D eigenvalue weighted by Crippen LogP contribution is 2.13. The molecule has 0 radical (unpaired) electrons. The summed E-state index contributed by atoms with van der Waals surface area (Å²) in [5, 5.41) is 3.32. The molecule has 0 spiro atoms. The van der Waals surface area contributed by atoms with Crippen LogP contribution in [-0.2, 0) is 11.3 Å². The molecular weight excluding hydrogens is 240 g/mol. The molecule has 1 amide bonds. The van der Waals surface area contributed by atoms with Gasteiger partial charge in [0.1, 0.15) is 5.75 Å². The molecule has 4 nitrogen and oxygen atoms in total. The van der Waals surface area contributed by atoms with Crippen molar-refractivity contribution in [3.05, 3.63) is 60.2 Å². The average molecular weight is 256 g/mol. The normalized spacial score (nSPS) is 9.89. The molecule has 0 atom stereocenters. The average Bonchev–Trinajstić information content (AvgIpc) is 2.45. The van der Waals surface area contributed by atoms with E-state index in [0.717, 1.165) is 17.8 Å². The molecule has 0 aliphatic carbocycles. The van der Waals surface area contributed by atoms with Gasteiger partial charge in [-0.1, -0.05) is 30.3 Å². The lowest BCUT2D eigenvalue weighted by atomic mass is 10.2. The van der Waals surface area contributed by atoms with Gasteiger partial charge < -0.3 is 15.8 Å². The number of nitrogens with two attached hydrogens (primary N) is 1. The first kappa shape index (κ1) is 13.0. The quantitative estimate of drug-likeness (QED) is 0.832. The van der Waals surface area contributed by atoms with Gasteiger partial charge in [0.25, 0.3) is 5.91 Å². The summed E-state index contributed by atoms with van der Waals surface area (Å²) in [7, 11) is 0. The largest absolute Gasteiger partial charge is 0.484 e. The van der Waals surface area contributed by atoms with Crippen molar-refractivity contribution < 1.29 is 9.53 Å². The second-order valence-corrected chi connectivity index (χ2v) is 4.12. The second kappa shape index (κ2) is 6.44. The third kappa shape index (κ3) is 4.35. The van der Waals surface area contributed by atoms with Crippen molar-refractivity contribution >= 4 is 11.6 Å². The maximum atomic E-state index is 10.6. The molecule has 98 valence electrons. The summed E-state index contributed by atoms with van der Waals surface area (Å²) in [6.45, 7) is 0.641. The van der Waals surface area contributed by atoms with Crippen molar-refractivity contribution in [1.82, 2.24) is 0 Å². The van der Waals surface area contributed by atoms with Gasteiger partial charge in [-0.25, -0.2) is 0 Å². The Morgan fingerprint density at radius 2 is 1.74 bits per heavy atom. The summed E-state index contributed by atoms with van der Waals surface area (Å²) >= 11 is 0. The van der Waals surface area contributed by atoms with Gasteiger partial charge in [-0.15, -0.1) is 0 Å². The molecule has 3 N–H and O–H groups in total. The molecule has 0 saturated heterocycles. The number of hydrogen-bond acceptors (Lipinski definition) is 3. The number of hydrogen-bond donors (Lipinski definition) is 2. The molecule has 0 bridgehead atoms. The Morgan fingerprint density at radius 3 is 2.37 bits per heavy atom. The number of rotatable bonds is 6. The topological polar surface area (TPSA) is 64.4 Å². The third-order valence-electron chi connectivity index (χ3n) is 2.57. The van der Waals surface area contributed by atoms with E-state index in [1.54, 1.807) is 0 Å². The van der Waals surface area contributed by atoms with Crippen LogP contribution in [0.3, 0.4) is 0 Å². The minimum atomic E-state index is -0.477. The lowest BCUT2D eigenvalue weighted by Crippen LogP contribution is -2.19. The maximum absolute atomic E-state index is 10.6. The van der Waals surface area contributed by atoms with Crippen molar-refractivity contribution in [2.45, 2.75) is 6.54 Å². The van der Waals surface area contributed by atoms with Crippen molar-refractivity contribution in [3.8, 4) is 5.75 Å². The van der Waals surface area contributed by atoms with Crippen LogP contribution in [0.4, 0.5) is 5.69 Å². The van der Waals surface area contributed by atoms with Crippen LogP contribution in [0.15, 0.2) is 54.6 Å². The van der Waals surface area contributed by atoms with E-state index in [-0.39, 0.29) is 6.61 Å². The zero-order valence-electron chi connectivity index (χ0n) is 10.5. The third-order valence-corrected chi connectivity index (χ3v) is 2.57. The predicted octanol–water partition coefficient (Wildman–Crippen LogP) is 2.16. The van der Waals surface area contributed by atoms with Gasteiger partial charge in [0.15, 0.2) is 6.61 Å². The summed E-state index contributed by atoms with van der Waals surface area (Å²) in [4.78, 5) is 10.6. The van der Waals surface area contributed by atoms with Gasteiger partial charge in [-0.2, -0.15) is 0 Å². The molecule has 2 aromatic carbocycles. The Kier molecular flexibility index (Phi) is 4.39. The van der Waals surface area contributed by atoms with E-state index in [1.807, 2.05) is 54.6 Å². The van der Waals surface area contributed by atoms with E-state index in [0.29, 0.717) is 5.75 Å². The summed E-state index contributed by atoms with van der Waals surface area (Å²) in [5.41, 5.74) is 7.22. The molecule has 2 rings (SSSR count). The van der Waals surface area contributed by atoms with Crippen molar-refractivity contribution in [2.24, 2.45) is 5.73 Å². The van der Waals surface area contributed by atoms with Crippen LogP contribution in [0.25, 0.3) is 0 Å². The van der Waals surface area contributed by atoms with Crippen LogP contribution < -0.4 is 15.8 Å². The first-order valence-electron chi connectivity index (χ1n) is 6.03. The van der Waals surface area contributed by atoms with E-state index in [9.17, 15) is 4.79 Å². The lowest BCUT2D eigenvalue weighted by Gasteiger charge is -2.08. The number of amides is 1.